The van der Waals surface area contributed by atoms with E-state index in [0.717, 1.165) is 25.7 Å². The SMILES string of the molecule is CCOCCNC(=O)CCCCC[C@@H]1NC(=O)N[C@@H]1C. The molecule has 0 saturated carbocycles. The molecule has 1 fully saturated rings. The Labute approximate surface area is 121 Å². The van der Waals surface area contributed by atoms with E-state index in [-0.39, 0.29) is 24.0 Å². The summed E-state index contributed by atoms with van der Waals surface area (Å²) >= 11 is 0. The molecule has 1 aliphatic heterocycles. The third-order valence-electron chi connectivity index (χ3n) is 3.47. The van der Waals surface area contributed by atoms with Crippen LogP contribution >= 0.6 is 0 Å². The molecule has 0 bridgehead atoms. The second-order valence-corrected chi connectivity index (χ2v) is 5.16. The van der Waals surface area contributed by atoms with E-state index >= 15 is 0 Å². The Kier molecular flexibility index (Phi) is 8.02. The van der Waals surface area contributed by atoms with Crippen molar-refractivity contribution in [2.24, 2.45) is 0 Å². The van der Waals surface area contributed by atoms with E-state index in [0.29, 0.717) is 26.2 Å². The first-order valence-electron chi connectivity index (χ1n) is 7.55. The lowest BCUT2D eigenvalue weighted by Crippen LogP contribution is -2.30. The number of nitrogens with one attached hydrogen (secondary N) is 3. The van der Waals surface area contributed by atoms with E-state index in [1.54, 1.807) is 0 Å². The molecule has 0 aliphatic carbocycles. The molecular weight excluding hydrogens is 258 g/mol. The van der Waals surface area contributed by atoms with Gasteiger partial charge in [-0.25, -0.2) is 4.79 Å². The molecule has 20 heavy (non-hydrogen) atoms. The Balaban J connectivity index is 1.94. The minimum atomic E-state index is -0.0730. The van der Waals surface area contributed by atoms with Gasteiger partial charge >= 0.3 is 6.03 Å². The van der Waals surface area contributed by atoms with Crippen LogP contribution in [0, 0.1) is 0 Å². The molecule has 1 aliphatic rings. The zero-order valence-electron chi connectivity index (χ0n) is 12.5. The zero-order valence-corrected chi connectivity index (χ0v) is 12.5. The molecule has 0 radical (unpaired) electrons. The molecule has 6 nitrogen and oxygen atoms in total. The molecule has 0 aromatic carbocycles. The van der Waals surface area contributed by atoms with Crippen molar-refractivity contribution in [2.75, 3.05) is 19.8 Å². The normalized spacial score (nSPS) is 21.4. The summed E-state index contributed by atoms with van der Waals surface area (Å²) < 4.78 is 5.15. The third kappa shape index (κ3) is 6.75. The van der Waals surface area contributed by atoms with Gasteiger partial charge in [-0.3, -0.25) is 4.79 Å². The summed E-state index contributed by atoms with van der Waals surface area (Å²) in [6.45, 7) is 5.79. The Hall–Kier alpha value is -1.30. The lowest BCUT2D eigenvalue weighted by atomic mass is 10.0. The smallest absolute Gasteiger partial charge is 0.315 e. The maximum atomic E-state index is 11.5. The lowest BCUT2D eigenvalue weighted by molar-refractivity contribution is -0.121. The second kappa shape index (κ2) is 9.58. The van der Waals surface area contributed by atoms with Crippen molar-refractivity contribution in [2.45, 2.75) is 58.0 Å². The topological polar surface area (TPSA) is 79.5 Å². The number of hydrogen-bond donors (Lipinski definition) is 3. The standard InChI is InChI=1S/C14H27N3O3/c1-3-20-10-9-15-13(18)8-6-4-5-7-12-11(2)16-14(19)17-12/h11-12H,3-10H2,1-2H3,(H,15,18)(H2,16,17,19)/t11-,12+/m1/s1. The minimum Gasteiger partial charge on any atom is -0.380 e. The van der Waals surface area contributed by atoms with Gasteiger partial charge in [-0.2, -0.15) is 0 Å². The van der Waals surface area contributed by atoms with Crippen LogP contribution in [0.3, 0.4) is 0 Å². The Bertz CT molecular complexity index is 310. The van der Waals surface area contributed by atoms with Crippen LogP contribution < -0.4 is 16.0 Å². The van der Waals surface area contributed by atoms with Gasteiger partial charge < -0.3 is 20.7 Å². The molecule has 3 amide bonds. The molecule has 0 aromatic heterocycles. The summed E-state index contributed by atoms with van der Waals surface area (Å²) in [4.78, 5) is 22.6. The first-order valence-corrected chi connectivity index (χ1v) is 7.55. The molecule has 3 N–H and O–H groups in total. The number of urea groups is 1. The fraction of sp³-hybridized carbons (Fsp3) is 0.857. The van der Waals surface area contributed by atoms with E-state index in [9.17, 15) is 9.59 Å². The van der Waals surface area contributed by atoms with Gasteiger partial charge in [0.1, 0.15) is 0 Å². The Morgan fingerprint density at radius 3 is 2.75 bits per heavy atom. The predicted molar refractivity (Wildman–Crippen MR) is 77.5 cm³/mol. The van der Waals surface area contributed by atoms with Crippen molar-refractivity contribution in [3.05, 3.63) is 0 Å². The summed E-state index contributed by atoms with van der Waals surface area (Å²) in [6.07, 6.45) is 4.47. The minimum absolute atomic E-state index is 0.0730. The first kappa shape index (κ1) is 16.8. The molecule has 1 heterocycles. The van der Waals surface area contributed by atoms with Crippen LogP contribution in [-0.4, -0.2) is 43.8 Å². The van der Waals surface area contributed by atoms with Crippen LogP contribution in [0.1, 0.15) is 46.0 Å². The molecule has 0 spiro atoms. The molecule has 0 unspecified atom stereocenters. The maximum Gasteiger partial charge on any atom is 0.315 e. The number of hydrogen-bond acceptors (Lipinski definition) is 3. The van der Waals surface area contributed by atoms with Crippen LogP contribution in [0.15, 0.2) is 0 Å². The number of carbonyl (C=O) groups excluding carboxylic acids is 2. The van der Waals surface area contributed by atoms with Crippen molar-refractivity contribution in [1.82, 2.24) is 16.0 Å². The highest BCUT2D eigenvalue weighted by Gasteiger charge is 2.26. The fourth-order valence-corrected chi connectivity index (χ4v) is 2.29. The fourth-order valence-electron chi connectivity index (χ4n) is 2.29. The van der Waals surface area contributed by atoms with Crippen LogP contribution in [0.4, 0.5) is 4.79 Å². The van der Waals surface area contributed by atoms with Crippen molar-refractivity contribution in [3.8, 4) is 0 Å². The van der Waals surface area contributed by atoms with Gasteiger partial charge in [-0.15, -0.1) is 0 Å². The molecule has 2 atom stereocenters. The highest BCUT2D eigenvalue weighted by atomic mass is 16.5. The number of ether oxygens (including phenoxy) is 1. The van der Waals surface area contributed by atoms with Gasteiger partial charge in [0.05, 0.1) is 12.6 Å². The van der Waals surface area contributed by atoms with Crippen LogP contribution in [0.5, 0.6) is 0 Å². The number of amides is 3. The lowest BCUT2D eigenvalue weighted by Gasteiger charge is -2.13. The summed E-state index contributed by atoms with van der Waals surface area (Å²) in [5.41, 5.74) is 0. The number of rotatable bonds is 10. The average Bonchev–Trinajstić information content (AvgIpc) is 2.73. The van der Waals surface area contributed by atoms with E-state index < -0.39 is 0 Å². The molecule has 116 valence electrons. The quantitative estimate of drug-likeness (QED) is 0.527. The van der Waals surface area contributed by atoms with Gasteiger partial charge in [-0.05, 0) is 26.7 Å². The molecule has 1 rings (SSSR count). The molecule has 1 saturated heterocycles. The predicted octanol–water partition coefficient (Wildman–Crippen LogP) is 1.16. The Morgan fingerprint density at radius 1 is 1.30 bits per heavy atom. The van der Waals surface area contributed by atoms with Gasteiger partial charge in [0.15, 0.2) is 0 Å². The maximum absolute atomic E-state index is 11.5. The van der Waals surface area contributed by atoms with E-state index in [1.807, 2.05) is 13.8 Å². The van der Waals surface area contributed by atoms with Crippen LogP contribution in [0.25, 0.3) is 0 Å². The van der Waals surface area contributed by atoms with Crippen LogP contribution in [0.2, 0.25) is 0 Å². The van der Waals surface area contributed by atoms with Crippen molar-refractivity contribution < 1.29 is 14.3 Å². The highest BCUT2D eigenvalue weighted by Crippen LogP contribution is 2.11. The number of carbonyl (C=O) groups is 2. The van der Waals surface area contributed by atoms with Gasteiger partial charge in [-0.1, -0.05) is 12.8 Å². The average molecular weight is 285 g/mol. The van der Waals surface area contributed by atoms with E-state index in [1.165, 1.54) is 0 Å². The summed E-state index contributed by atoms with van der Waals surface area (Å²) in [6, 6.07) is 0.350. The number of unbranched alkanes of at least 4 members (excludes halogenated alkanes) is 2. The van der Waals surface area contributed by atoms with E-state index in [2.05, 4.69) is 16.0 Å². The first-order chi connectivity index (χ1) is 9.63. The van der Waals surface area contributed by atoms with Crippen molar-refractivity contribution in [1.29, 1.82) is 0 Å². The summed E-state index contributed by atoms with van der Waals surface area (Å²) in [5, 5.41) is 8.56. The monoisotopic (exact) mass is 285 g/mol. The van der Waals surface area contributed by atoms with Gasteiger partial charge in [0.2, 0.25) is 5.91 Å². The second-order valence-electron chi connectivity index (χ2n) is 5.16. The molecule has 6 heteroatoms. The Morgan fingerprint density at radius 2 is 2.10 bits per heavy atom. The summed E-state index contributed by atoms with van der Waals surface area (Å²) in [7, 11) is 0. The van der Waals surface area contributed by atoms with Crippen LogP contribution in [-0.2, 0) is 9.53 Å². The van der Waals surface area contributed by atoms with Gasteiger partial charge in [0, 0.05) is 25.6 Å². The third-order valence-corrected chi connectivity index (χ3v) is 3.47. The highest BCUT2D eigenvalue weighted by molar-refractivity contribution is 5.77. The largest absolute Gasteiger partial charge is 0.380 e. The zero-order chi connectivity index (χ0) is 14.8. The molecular formula is C14H27N3O3. The summed E-state index contributed by atoms with van der Waals surface area (Å²) in [5.74, 6) is 0.0916. The van der Waals surface area contributed by atoms with Crippen molar-refractivity contribution >= 4 is 11.9 Å². The van der Waals surface area contributed by atoms with Gasteiger partial charge in [0.25, 0.3) is 0 Å². The van der Waals surface area contributed by atoms with Crippen molar-refractivity contribution in [3.63, 3.8) is 0 Å². The van der Waals surface area contributed by atoms with E-state index in [4.69, 9.17) is 4.74 Å². The molecule has 0 aromatic rings.